The summed E-state index contributed by atoms with van der Waals surface area (Å²) in [6, 6.07) is 18.9. The molecule has 1 aliphatic carbocycles. The molecule has 0 spiro atoms. The number of carbonyl (C=O) groups excluding carboxylic acids is 1. The molecule has 20 heavy (non-hydrogen) atoms. The van der Waals surface area contributed by atoms with Crippen LogP contribution in [0.5, 0.6) is 0 Å². The normalized spacial score (nSPS) is 20.6. The molecule has 1 heteroatoms. The summed E-state index contributed by atoms with van der Waals surface area (Å²) in [5.74, 6) is 0.571. The van der Waals surface area contributed by atoms with Crippen molar-refractivity contribution in [2.45, 2.75) is 19.8 Å². The standard InChI is InChI=1S/C19H18O/c1-14-11-16(13-19(14)20)12-15-7-9-18(10-8-15)17-5-3-2-4-6-17/h2-10,12,14H,11,13H2,1H3/b16-12+. The van der Waals surface area contributed by atoms with Gasteiger partial charge in [0.2, 0.25) is 0 Å². The summed E-state index contributed by atoms with van der Waals surface area (Å²) in [7, 11) is 0. The first-order chi connectivity index (χ1) is 9.72. The second-order valence-electron chi connectivity index (χ2n) is 5.54. The largest absolute Gasteiger partial charge is 0.299 e. The van der Waals surface area contributed by atoms with E-state index in [1.54, 1.807) is 0 Å². The lowest BCUT2D eigenvalue weighted by atomic mass is 10.0. The lowest BCUT2D eigenvalue weighted by Gasteiger charge is -2.03. The summed E-state index contributed by atoms with van der Waals surface area (Å²) >= 11 is 0. The molecule has 0 N–H and O–H groups in total. The van der Waals surface area contributed by atoms with Crippen molar-refractivity contribution in [3.05, 3.63) is 65.7 Å². The fraction of sp³-hybridized carbons (Fsp3) is 0.211. The number of Topliss-reactive ketones (excluding diaryl/α,β-unsaturated/α-hetero) is 1. The van der Waals surface area contributed by atoms with Crippen LogP contribution in [0.15, 0.2) is 60.2 Å². The Labute approximate surface area is 120 Å². The van der Waals surface area contributed by atoms with Gasteiger partial charge < -0.3 is 0 Å². The third-order valence-electron chi connectivity index (χ3n) is 3.91. The first-order valence-corrected chi connectivity index (χ1v) is 7.10. The Kier molecular flexibility index (Phi) is 3.51. The highest BCUT2D eigenvalue weighted by Gasteiger charge is 2.23. The van der Waals surface area contributed by atoms with E-state index < -0.39 is 0 Å². The molecule has 3 rings (SSSR count). The molecule has 1 nitrogen and oxygen atoms in total. The first kappa shape index (κ1) is 12.9. The highest BCUT2D eigenvalue weighted by atomic mass is 16.1. The summed E-state index contributed by atoms with van der Waals surface area (Å²) in [5.41, 5.74) is 4.90. The van der Waals surface area contributed by atoms with E-state index in [0.717, 1.165) is 6.42 Å². The predicted octanol–water partition coefficient (Wildman–Crippen LogP) is 4.74. The van der Waals surface area contributed by atoms with Gasteiger partial charge in [-0.1, -0.05) is 73.2 Å². The predicted molar refractivity (Wildman–Crippen MR) is 83.3 cm³/mol. The Bertz CT molecular complexity index is 635. The highest BCUT2D eigenvalue weighted by Crippen LogP contribution is 2.29. The Morgan fingerprint density at radius 2 is 1.60 bits per heavy atom. The van der Waals surface area contributed by atoms with Crippen molar-refractivity contribution in [3.63, 3.8) is 0 Å². The summed E-state index contributed by atoms with van der Waals surface area (Å²) in [4.78, 5) is 11.6. The van der Waals surface area contributed by atoms with Gasteiger partial charge in [0.1, 0.15) is 5.78 Å². The van der Waals surface area contributed by atoms with Crippen LogP contribution in [0, 0.1) is 5.92 Å². The van der Waals surface area contributed by atoms with Gasteiger partial charge in [-0.3, -0.25) is 4.79 Å². The van der Waals surface area contributed by atoms with Crippen molar-refractivity contribution < 1.29 is 4.79 Å². The molecular weight excluding hydrogens is 244 g/mol. The zero-order valence-corrected chi connectivity index (χ0v) is 11.7. The summed E-state index contributed by atoms with van der Waals surface area (Å²) < 4.78 is 0. The Hall–Kier alpha value is -2.15. The fourth-order valence-electron chi connectivity index (χ4n) is 2.73. The Balaban J connectivity index is 1.81. The lowest BCUT2D eigenvalue weighted by molar-refractivity contribution is -0.120. The maximum Gasteiger partial charge on any atom is 0.140 e. The summed E-state index contributed by atoms with van der Waals surface area (Å²) in [5, 5.41) is 0. The molecule has 1 atom stereocenters. The van der Waals surface area contributed by atoms with E-state index in [-0.39, 0.29) is 5.92 Å². The average Bonchev–Trinajstić information content (AvgIpc) is 2.79. The minimum Gasteiger partial charge on any atom is -0.299 e. The van der Waals surface area contributed by atoms with E-state index in [9.17, 15) is 4.79 Å². The molecule has 2 aromatic carbocycles. The third kappa shape index (κ3) is 2.72. The van der Waals surface area contributed by atoms with Crippen LogP contribution in [0.1, 0.15) is 25.3 Å². The van der Waals surface area contributed by atoms with E-state index in [0.29, 0.717) is 12.2 Å². The van der Waals surface area contributed by atoms with Crippen molar-refractivity contribution in [2.24, 2.45) is 5.92 Å². The average molecular weight is 262 g/mol. The van der Waals surface area contributed by atoms with Gasteiger partial charge in [0.05, 0.1) is 0 Å². The SMILES string of the molecule is CC1C/C(=C\c2ccc(-c3ccccc3)cc2)CC1=O. The minimum absolute atomic E-state index is 0.199. The van der Waals surface area contributed by atoms with Crippen LogP contribution >= 0.6 is 0 Å². The van der Waals surface area contributed by atoms with Gasteiger partial charge in [-0.15, -0.1) is 0 Å². The Morgan fingerprint density at radius 1 is 0.950 bits per heavy atom. The number of ketones is 1. The van der Waals surface area contributed by atoms with Crippen LogP contribution in [0.4, 0.5) is 0 Å². The van der Waals surface area contributed by atoms with Crippen LogP contribution in [-0.4, -0.2) is 5.78 Å². The third-order valence-corrected chi connectivity index (χ3v) is 3.91. The number of carbonyl (C=O) groups is 1. The van der Waals surface area contributed by atoms with Crippen molar-refractivity contribution in [1.82, 2.24) is 0 Å². The van der Waals surface area contributed by atoms with Crippen molar-refractivity contribution in [3.8, 4) is 11.1 Å². The number of hydrogen-bond acceptors (Lipinski definition) is 1. The number of rotatable bonds is 2. The number of allylic oxidation sites excluding steroid dienone is 1. The molecule has 1 fully saturated rings. The maximum atomic E-state index is 11.6. The molecule has 0 heterocycles. The fourth-order valence-corrected chi connectivity index (χ4v) is 2.73. The second kappa shape index (κ2) is 5.46. The maximum absolute atomic E-state index is 11.6. The van der Waals surface area contributed by atoms with Crippen molar-refractivity contribution >= 4 is 11.9 Å². The topological polar surface area (TPSA) is 17.1 Å². The zero-order chi connectivity index (χ0) is 13.9. The van der Waals surface area contributed by atoms with E-state index >= 15 is 0 Å². The summed E-state index contributed by atoms with van der Waals surface area (Å²) in [6.07, 6.45) is 3.71. The van der Waals surface area contributed by atoms with E-state index in [2.05, 4.69) is 54.6 Å². The van der Waals surface area contributed by atoms with Crippen molar-refractivity contribution in [2.75, 3.05) is 0 Å². The molecule has 1 unspecified atom stereocenters. The van der Waals surface area contributed by atoms with Crippen LogP contribution < -0.4 is 0 Å². The molecule has 0 aromatic heterocycles. The van der Waals surface area contributed by atoms with E-state index in [1.807, 2.05) is 13.0 Å². The highest BCUT2D eigenvalue weighted by molar-refractivity contribution is 5.88. The monoisotopic (exact) mass is 262 g/mol. The lowest BCUT2D eigenvalue weighted by Crippen LogP contribution is -1.98. The minimum atomic E-state index is 0.199. The molecule has 1 saturated carbocycles. The molecule has 0 aliphatic heterocycles. The molecule has 0 saturated heterocycles. The van der Waals surface area contributed by atoms with E-state index in [1.165, 1.54) is 22.3 Å². The quantitative estimate of drug-likeness (QED) is 0.764. The van der Waals surface area contributed by atoms with Crippen molar-refractivity contribution in [1.29, 1.82) is 0 Å². The van der Waals surface area contributed by atoms with Gasteiger partial charge in [0.15, 0.2) is 0 Å². The van der Waals surface area contributed by atoms with Gasteiger partial charge in [0, 0.05) is 12.3 Å². The molecular formula is C19H18O. The van der Waals surface area contributed by atoms with Gasteiger partial charge in [0.25, 0.3) is 0 Å². The van der Waals surface area contributed by atoms with Gasteiger partial charge in [-0.25, -0.2) is 0 Å². The number of benzene rings is 2. The van der Waals surface area contributed by atoms with Crippen LogP contribution in [0.3, 0.4) is 0 Å². The molecule has 1 aliphatic rings. The second-order valence-corrected chi connectivity index (χ2v) is 5.54. The molecule has 2 aromatic rings. The molecule has 0 bridgehead atoms. The van der Waals surface area contributed by atoms with Crippen LogP contribution in [-0.2, 0) is 4.79 Å². The van der Waals surface area contributed by atoms with E-state index in [4.69, 9.17) is 0 Å². The molecule has 100 valence electrons. The summed E-state index contributed by atoms with van der Waals surface area (Å²) in [6.45, 7) is 2.02. The van der Waals surface area contributed by atoms with Crippen LogP contribution in [0.25, 0.3) is 17.2 Å². The van der Waals surface area contributed by atoms with Gasteiger partial charge in [-0.2, -0.15) is 0 Å². The zero-order valence-electron chi connectivity index (χ0n) is 11.7. The number of hydrogen-bond donors (Lipinski definition) is 0. The smallest absolute Gasteiger partial charge is 0.140 e. The van der Waals surface area contributed by atoms with Crippen LogP contribution in [0.2, 0.25) is 0 Å². The van der Waals surface area contributed by atoms with Gasteiger partial charge in [-0.05, 0) is 23.1 Å². The van der Waals surface area contributed by atoms with Gasteiger partial charge >= 0.3 is 0 Å². The first-order valence-electron chi connectivity index (χ1n) is 7.10. The molecule has 0 amide bonds. The Morgan fingerprint density at radius 3 is 2.20 bits per heavy atom. The molecule has 0 radical (unpaired) electrons.